The highest BCUT2D eigenvalue weighted by atomic mass is 79.9. The van der Waals surface area contributed by atoms with Crippen LogP contribution in [0.2, 0.25) is 0 Å². The fourth-order valence-electron chi connectivity index (χ4n) is 3.84. The predicted molar refractivity (Wildman–Crippen MR) is 109 cm³/mol. The van der Waals surface area contributed by atoms with E-state index in [1.807, 2.05) is 0 Å². The number of aromatic nitrogens is 1. The third-order valence-corrected chi connectivity index (χ3v) is 9.31. The van der Waals surface area contributed by atoms with E-state index in [1.54, 1.807) is 24.0 Å². The van der Waals surface area contributed by atoms with Gasteiger partial charge in [0.1, 0.15) is 9.90 Å². The summed E-state index contributed by atoms with van der Waals surface area (Å²) >= 11 is 4.47. The fourth-order valence-corrected chi connectivity index (χ4v) is 7.43. The van der Waals surface area contributed by atoms with Crippen LogP contribution < -0.4 is 0 Å². The van der Waals surface area contributed by atoms with Crippen molar-refractivity contribution in [2.75, 3.05) is 26.2 Å². The highest BCUT2D eigenvalue weighted by Crippen LogP contribution is 2.30. The number of carbonyl (C=O) groups excluding carboxylic acids is 2. The lowest BCUT2D eigenvalue weighted by atomic mass is 9.94. The van der Waals surface area contributed by atoms with Crippen LogP contribution in [0.4, 0.5) is 0 Å². The molecule has 0 saturated carbocycles. The van der Waals surface area contributed by atoms with E-state index in [2.05, 4.69) is 20.9 Å². The third-order valence-electron chi connectivity index (χ3n) is 5.32. The van der Waals surface area contributed by atoms with Gasteiger partial charge < -0.3 is 9.88 Å². The smallest absolute Gasteiger partial charge is 0.270 e. The van der Waals surface area contributed by atoms with Crippen LogP contribution in [0.3, 0.4) is 0 Å². The minimum absolute atomic E-state index is 0.0899. The van der Waals surface area contributed by atoms with Crippen LogP contribution in [0.1, 0.15) is 44.9 Å². The van der Waals surface area contributed by atoms with Gasteiger partial charge in [0, 0.05) is 43.9 Å². The Morgan fingerprint density at radius 3 is 2.50 bits per heavy atom. The van der Waals surface area contributed by atoms with Crippen LogP contribution in [-0.4, -0.2) is 60.5 Å². The second-order valence-corrected chi connectivity index (χ2v) is 11.6. The lowest BCUT2D eigenvalue weighted by Gasteiger charge is -2.33. The Morgan fingerprint density at radius 1 is 1.18 bits per heavy atom. The van der Waals surface area contributed by atoms with Crippen molar-refractivity contribution < 1.29 is 18.0 Å². The van der Waals surface area contributed by atoms with E-state index in [0.29, 0.717) is 40.5 Å². The summed E-state index contributed by atoms with van der Waals surface area (Å²) in [7, 11) is -3.54. The maximum Gasteiger partial charge on any atom is 0.270 e. The highest BCUT2D eigenvalue weighted by Gasteiger charge is 2.33. The van der Waals surface area contributed by atoms with Crippen molar-refractivity contribution in [3.8, 4) is 0 Å². The van der Waals surface area contributed by atoms with E-state index >= 15 is 0 Å². The zero-order chi connectivity index (χ0) is 20.1. The Morgan fingerprint density at radius 2 is 1.89 bits per heavy atom. The average molecular weight is 486 g/mol. The number of hydrogen-bond donors (Lipinski definition) is 1. The number of fused-ring (bicyclic) bond motifs is 1. The minimum atomic E-state index is -3.54. The molecule has 10 heteroatoms. The number of H-pyrrole nitrogens is 1. The van der Waals surface area contributed by atoms with E-state index in [9.17, 15) is 18.0 Å². The molecule has 0 radical (unpaired) electrons. The molecule has 2 aromatic rings. The molecule has 150 valence electrons. The van der Waals surface area contributed by atoms with E-state index in [-0.39, 0.29) is 24.8 Å². The van der Waals surface area contributed by atoms with Gasteiger partial charge in [-0.15, -0.1) is 11.3 Å². The van der Waals surface area contributed by atoms with Crippen molar-refractivity contribution in [1.29, 1.82) is 0 Å². The summed E-state index contributed by atoms with van der Waals surface area (Å²) in [4.78, 5) is 30.0. The summed E-state index contributed by atoms with van der Waals surface area (Å²) in [5, 5.41) is 0. The quantitative estimate of drug-likeness (QED) is 0.723. The number of nitrogens with zero attached hydrogens (tertiary/aromatic N) is 2. The molecule has 1 saturated heterocycles. The third kappa shape index (κ3) is 3.36. The Hall–Kier alpha value is -1.49. The first kappa shape index (κ1) is 19.8. The van der Waals surface area contributed by atoms with Gasteiger partial charge in [-0.3, -0.25) is 9.59 Å². The number of sulfonamides is 1. The van der Waals surface area contributed by atoms with Crippen LogP contribution in [0.25, 0.3) is 0 Å². The molecule has 1 N–H and O–H groups in total. The first-order chi connectivity index (χ1) is 13.3. The Balaban J connectivity index is 1.49. The van der Waals surface area contributed by atoms with E-state index in [1.165, 1.54) is 15.6 Å². The fraction of sp³-hybridized carbons (Fsp3) is 0.444. The standard InChI is InChI=1S/C18H20BrN3O4S2/c1-11-16-12(3-2-4-13(16)23)20-17(11)18(24)21-7-9-22(10-8-21)28(25,26)15-6-5-14(19)27-15/h5-6,20H,2-4,7-10H2,1H3. The number of ketones is 1. The summed E-state index contributed by atoms with van der Waals surface area (Å²) in [6.45, 7) is 2.95. The van der Waals surface area contributed by atoms with Gasteiger partial charge in [0.2, 0.25) is 0 Å². The number of aromatic amines is 1. The average Bonchev–Trinajstić information content (AvgIpc) is 3.26. The highest BCUT2D eigenvalue weighted by molar-refractivity contribution is 9.11. The molecule has 4 rings (SSSR count). The number of piperazine rings is 1. The minimum Gasteiger partial charge on any atom is -0.354 e. The van der Waals surface area contributed by atoms with Crippen LogP contribution in [-0.2, 0) is 16.4 Å². The summed E-state index contributed by atoms with van der Waals surface area (Å²) < 4.78 is 28.0. The van der Waals surface area contributed by atoms with Gasteiger partial charge in [0.25, 0.3) is 15.9 Å². The molecule has 0 unspecified atom stereocenters. The summed E-state index contributed by atoms with van der Waals surface area (Å²) in [6, 6.07) is 3.31. The number of aryl methyl sites for hydroxylation is 1. The molecule has 1 aliphatic carbocycles. The lowest BCUT2D eigenvalue weighted by molar-refractivity contribution is 0.0692. The van der Waals surface area contributed by atoms with Crippen molar-refractivity contribution >= 4 is 49.0 Å². The first-order valence-corrected chi connectivity index (χ1v) is 12.1. The van der Waals surface area contributed by atoms with Crippen LogP contribution in [0.5, 0.6) is 0 Å². The van der Waals surface area contributed by atoms with Gasteiger partial charge in [-0.25, -0.2) is 8.42 Å². The molecule has 28 heavy (non-hydrogen) atoms. The van der Waals surface area contributed by atoms with Crippen LogP contribution in [0, 0.1) is 6.92 Å². The molecule has 1 aliphatic heterocycles. The van der Waals surface area contributed by atoms with Crippen molar-refractivity contribution in [1.82, 2.24) is 14.2 Å². The second kappa shape index (κ2) is 7.40. The number of carbonyl (C=O) groups is 2. The number of nitrogens with one attached hydrogen (secondary N) is 1. The number of halogens is 1. The summed E-state index contributed by atoms with van der Waals surface area (Å²) in [6.07, 6.45) is 2.10. The zero-order valence-corrected chi connectivity index (χ0v) is 18.5. The molecule has 1 amide bonds. The predicted octanol–water partition coefficient (Wildman–Crippen LogP) is 2.81. The van der Waals surface area contributed by atoms with Gasteiger partial charge in [-0.2, -0.15) is 4.31 Å². The normalized spacial score (nSPS) is 18.4. The maximum absolute atomic E-state index is 13.0. The maximum atomic E-state index is 13.0. The molecular weight excluding hydrogens is 466 g/mol. The van der Waals surface area contributed by atoms with Crippen molar-refractivity contribution in [3.63, 3.8) is 0 Å². The van der Waals surface area contributed by atoms with E-state index in [0.717, 1.165) is 22.3 Å². The van der Waals surface area contributed by atoms with E-state index < -0.39 is 10.0 Å². The molecule has 2 aliphatic rings. The van der Waals surface area contributed by atoms with Gasteiger partial charge in [0.15, 0.2) is 5.78 Å². The zero-order valence-electron chi connectivity index (χ0n) is 15.3. The van der Waals surface area contributed by atoms with Crippen molar-refractivity contribution in [2.24, 2.45) is 0 Å². The molecule has 0 spiro atoms. The Kier molecular flexibility index (Phi) is 5.24. The van der Waals surface area contributed by atoms with Crippen LogP contribution in [0.15, 0.2) is 20.1 Å². The van der Waals surface area contributed by atoms with E-state index in [4.69, 9.17) is 0 Å². The Bertz CT molecular complexity index is 1050. The molecule has 3 heterocycles. The molecule has 2 aromatic heterocycles. The second-order valence-electron chi connectivity index (χ2n) is 7.01. The molecule has 7 nitrogen and oxygen atoms in total. The molecule has 0 bridgehead atoms. The summed E-state index contributed by atoms with van der Waals surface area (Å²) in [5.74, 6) is -0.0808. The lowest BCUT2D eigenvalue weighted by Crippen LogP contribution is -2.50. The van der Waals surface area contributed by atoms with Gasteiger partial charge in [0.05, 0.1) is 3.79 Å². The van der Waals surface area contributed by atoms with Crippen LogP contribution >= 0.6 is 27.3 Å². The van der Waals surface area contributed by atoms with Gasteiger partial charge >= 0.3 is 0 Å². The molecule has 1 fully saturated rings. The number of rotatable bonds is 3. The number of amides is 1. The largest absolute Gasteiger partial charge is 0.354 e. The number of hydrogen-bond acceptors (Lipinski definition) is 5. The Labute approximate surface area is 175 Å². The molecular formula is C18H20BrN3O4S2. The van der Waals surface area contributed by atoms with Crippen molar-refractivity contribution in [3.05, 3.63) is 38.4 Å². The SMILES string of the molecule is Cc1c(C(=O)N2CCN(S(=O)(=O)c3ccc(Br)s3)CC2)[nH]c2c1C(=O)CCC2. The first-order valence-electron chi connectivity index (χ1n) is 9.08. The monoisotopic (exact) mass is 485 g/mol. The van der Waals surface area contributed by atoms with Crippen molar-refractivity contribution in [2.45, 2.75) is 30.4 Å². The molecule has 0 atom stereocenters. The van der Waals surface area contributed by atoms with Gasteiger partial charge in [-0.1, -0.05) is 0 Å². The molecule has 0 aromatic carbocycles. The summed E-state index contributed by atoms with van der Waals surface area (Å²) in [5.41, 5.74) is 2.68. The number of thiophene rings is 1. The van der Waals surface area contributed by atoms with Gasteiger partial charge in [-0.05, 0) is 53.4 Å². The topological polar surface area (TPSA) is 90.6 Å². The number of Topliss-reactive ketones (excluding diaryl/α,β-unsaturated/α-hetero) is 1.